The van der Waals surface area contributed by atoms with Gasteiger partial charge in [-0.1, -0.05) is 59.1 Å². The normalized spacial score (nSPS) is 14.9. The minimum atomic E-state index is -0.496. The van der Waals surface area contributed by atoms with Crippen LogP contribution in [0.5, 0.6) is 5.75 Å². The first-order valence-electron chi connectivity index (χ1n) is 9.77. The average molecular weight is 602 g/mol. The van der Waals surface area contributed by atoms with E-state index >= 15 is 0 Å². The van der Waals surface area contributed by atoms with Gasteiger partial charge < -0.3 is 4.74 Å². The van der Waals surface area contributed by atoms with Gasteiger partial charge in [0.05, 0.1) is 20.9 Å². The van der Waals surface area contributed by atoms with Gasteiger partial charge in [0.1, 0.15) is 12.4 Å². The standard InChI is InChI=1S/C24H14BrCl3FNO3S/c25-17-7-13(8-20(28)22(17)33-12-15-3-1-2-4-18(15)26)9-21-23(31)30(24(32)34-21)11-14-5-6-16(29)10-19(14)27/h1-10H,11-12H2/b21-9-. The summed E-state index contributed by atoms with van der Waals surface area (Å²) >= 11 is 22.9. The minimum absolute atomic E-state index is 0.0552. The second-order valence-corrected chi connectivity index (χ2v) is 10.3. The van der Waals surface area contributed by atoms with Crippen molar-refractivity contribution in [2.75, 3.05) is 0 Å². The second-order valence-electron chi connectivity index (χ2n) is 7.20. The number of thioether (sulfide) groups is 1. The van der Waals surface area contributed by atoms with Crippen LogP contribution in [0.1, 0.15) is 16.7 Å². The molecule has 0 bridgehead atoms. The minimum Gasteiger partial charge on any atom is -0.486 e. The summed E-state index contributed by atoms with van der Waals surface area (Å²) in [5.74, 6) is -0.538. The summed E-state index contributed by atoms with van der Waals surface area (Å²) in [6.45, 7) is 0.169. The molecule has 174 valence electrons. The molecular weight excluding hydrogens is 588 g/mol. The first kappa shape index (κ1) is 25.1. The number of carbonyl (C=O) groups excluding carboxylic acids is 2. The number of imide groups is 1. The third kappa shape index (κ3) is 5.61. The van der Waals surface area contributed by atoms with Crippen molar-refractivity contribution in [1.29, 1.82) is 0 Å². The molecule has 0 N–H and O–H groups in total. The summed E-state index contributed by atoms with van der Waals surface area (Å²) in [6.07, 6.45) is 1.58. The number of halogens is 5. The number of nitrogens with zero attached hydrogens (tertiary/aromatic N) is 1. The lowest BCUT2D eigenvalue weighted by Crippen LogP contribution is -2.27. The van der Waals surface area contributed by atoms with Crippen LogP contribution in [0.2, 0.25) is 15.1 Å². The number of carbonyl (C=O) groups is 2. The van der Waals surface area contributed by atoms with Crippen molar-refractivity contribution in [3.05, 3.63) is 102 Å². The Morgan fingerprint density at radius 2 is 1.74 bits per heavy atom. The Balaban J connectivity index is 1.51. The van der Waals surface area contributed by atoms with Crippen molar-refractivity contribution < 1.29 is 18.7 Å². The van der Waals surface area contributed by atoms with Crippen molar-refractivity contribution in [2.45, 2.75) is 13.2 Å². The molecule has 1 fully saturated rings. The predicted molar refractivity (Wildman–Crippen MR) is 138 cm³/mol. The van der Waals surface area contributed by atoms with Gasteiger partial charge in [0.25, 0.3) is 11.1 Å². The van der Waals surface area contributed by atoms with Crippen LogP contribution in [0.15, 0.2) is 64.0 Å². The zero-order chi connectivity index (χ0) is 24.4. The van der Waals surface area contributed by atoms with Crippen LogP contribution in [-0.2, 0) is 17.9 Å². The Morgan fingerprint density at radius 3 is 2.44 bits per heavy atom. The van der Waals surface area contributed by atoms with Crippen LogP contribution in [0.3, 0.4) is 0 Å². The Morgan fingerprint density at radius 1 is 0.971 bits per heavy atom. The summed E-state index contributed by atoms with van der Waals surface area (Å²) in [4.78, 5) is 26.6. The van der Waals surface area contributed by atoms with Crippen LogP contribution < -0.4 is 4.74 Å². The molecular formula is C24H14BrCl3FNO3S. The molecule has 34 heavy (non-hydrogen) atoms. The van der Waals surface area contributed by atoms with Gasteiger partial charge in [-0.2, -0.15) is 0 Å². The van der Waals surface area contributed by atoms with E-state index in [2.05, 4.69) is 15.9 Å². The van der Waals surface area contributed by atoms with Gasteiger partial charge in [0.15, 0.2) is 5.75 Å². The molecule has 1 heterocycles. The molecule has 4 rings (SSSR count). The first-order valence-corrected chi connectivity index (χ1v) is 12.5. The maximum Gasteiger partial charge on any atom is 0.293 e. The molecule has 4 nitrogen and oxygen atoms in total. The summed E-state index contributed by atoms with van der Waals surface area (Å²) in [6, 6.07) is 14.5. The van der Waals surface area contributed by atoms with Crippen LogP contribution >= 0.6 is 62.5 Å². The van der Waals surface area contributed by atoms with Gasteiger partial charge in [-0.3, -0.25) is 14.5 Å². The lowest BCUT2D eigenvalue weighted by atomic mass is 10.2. The van der Waals surface area contributed by atoms with Crippen molar-refractivity contribution in [3.63, 3.8) is 0 Å². The van der Waals surface area contributed by atoms with Crippen molar-refractivity contribution >= 4 is 79.7 Å². The zero-order valence-electron chi connectivity index (χ0n) is 17.2. The van der Waals surface area contributed by atoms with Gasteiger partial charge >= 0.3 is 0 Å². The molecule has 0 aliphatic carbocycles. The van der Waals surface area contributed by atoms with E-state index in [-0.39, 0.29) is 23.1 Å². The van der Waals surface area contributed by atoms with E-state index in [0.717, 1.165) is 28.3 Å². The van der Waals surface area contributed by atoms with Gasteiger partial charge in [-0.25, -0.2) is 4.39 Å². The average Bonchev–Trinajstić information content (AvgIpc) is 3.03. The van der Waals surface area contributed by atoms with Gasteiger partial charge in [0.2, 0.25) is 0 Å². The number of rotatable bonds is 6. The fourth-order valence-electron chi connectivity index (χ4n) is 3.17. The van der Waals surface area contributed by atoms with E-state index in [1.54, 1.807) is 24.3 Å². The molecule has 2 amide bonds. The van der Waals surface area contributed by atoms with Gasteiger partial charge in [-0.15, -0.1) is 0 Å². The summed E-state index contributed by atoms with van der Waals surface area (Å²) in [5.41, 5.74) is 1.89. The molecule has 0 unspecified atom stereocenters. The van der Waals surface area contributed by atoms with Gasteiger partial charge in [0, 0.05) is 15.6 Å². The summed E-state index contributed by atoms with van der Waals surface area (Å²) in [5, 5.41) is 0.613. The molecule has 10 heteroatoms. The molecule has 0 aromatic heterocycles. The Bertz CT molecular complexity index is 1310. The quantitative estimate of drug-likeness (QED) is 0.267. The fraction of sp³-hybridized carbons (Fsp3) is 0.0833. The monoisotopic (exact) mass is 599 g/mol. The smallest absolute Gasteiger partial charge is 0.293 e. The van der Waals surface area contributed by atoms with E-state index in [1.165, 1.54) is 12.1 Å². The van der Waals surface area contributed by atoms with E-state index in [0.29, 0.717) is 31.4 Å². The zero-order valence-corrected chi connectivity index (χ0v) is 21.8. The highest BCUT2D eigenvalue weighted by Gasteiger charge is 2.35. The van der Waals surface area contributed by atoms with E-state index in [1.807, 2.05) is 18.2 Å². The highest BCUT2D eigenvalue weighted by atomic mass is 79.9. The molecule has 1 saturated heterocycles. The second kappa shape index (κ2) is 10.7. The lowest BCUT2D eigenvalue weighted by Gasteiger charge is -2.13. The summed E-state index contributed by atoms with van der Waals surface area (Å²) in [7, 11) is 0. The van der Waals surface area contributed by atoms with Crippen molar-refractivity contribution in [2.24, 2.45) is 0 Å². The van der Waals surface area contributed by atoms with Crippen molar-refractivity contribution in [3.8, 4) is 5.75 Å². The van der Waals surface area contributed by atoms with E-state index in [9.17, 15) is 14.0 Å². The third-order valence-corrected chi connectivity index (χ3v) is 7.36. The topological polar surface area (TPSA) is 46.6 Å². The largest absolute Gasteiger partial charge is 0.486 e. The van der Waals surface area contributed by atoms with Crippen LogP contribution in [0, 0.1) is 5.82 Å². The van der Waals surface area contributed by atoms with E-state index < -0.39 is 17.0 Å². The van der Waals surface area contributed by atoms with Gasteiger partial charge in [-0.05, 0) is 75.2 Å². The lowest BCUT2D eigenvalue weighted by molar-refractivity contribution is -0.123. The highest BCUT2D eigenvalue weighted by molar-refractivity contribution is 9.10. The van der Waals surface area contributed by atoms with Crippen LogP contribution in [0.25, 0.3) is 6.08 Å². The molecule has 3 aromatic carbocycles. The third-order valence-electron chi connectivity index (χ3n) is 4.87. The SMILES string of the molecule is O=C1S/C(=C\c2cc(Cl)c(OCc3ccccc3Cl)c(Br)c2)C(=O)N1Cc1ccc(F)cc1Cl. The Kier molecular flexibility index (Phi) is 7.90. The molecule has 0 radical (unpaired) electrons. The van der Waals surface area contributed by atoms with Crippen LogP contribution in [-0.4, -0.2) is 16.0 Å². The number of benzene rings is 3. The number of hydrogen-bond acceptors (Lipinski definition) is 4. The number of amides is 2. The number of hydrogen-bond donors (Lipinski definition) is 0. The summed E-state index contributed by atoms with van der Waals surface area (Å²) < 4.78 is 19.7. The Hall–Kier alpha value is -2.03. The molecule has 1 aliphatic rings. The molecule has 0 spiro atoms. The maximum atomic E-state index is 13.3. The molecule has 1 aliphatic heterocycles. The molecule has 0 saturated carbocycles. The maximum absolute atomic E-state index is 13.3. The Labute approximate surface area is 222 Å². The first-order chi connectivity index (χ1) is 16.2. The van der Waals surface area contributed by atoms with Crippen LogP contribution in [0.4, 0.5) is 9.18 Å². The fourth-order valence-corrected chi connectivity index (χ4v) is 5.42. The van der Waals surface area contributed by atoms with E-state index in [4.69, 9.17) is 39.5 Å². The predicted octanol–water partition coefficient (Wildman–Crippen LogP) is 8.36. The number of ether oxygens (including phenoxy) is 1. The van der Waals surface area contributed by atoms with Crippen molar-refractivity contribution in [1.82, 2.24) is 4.90 Å². The molecule has 0 atom stereocenters. The molecule has 3 aromatic rings. The highest BCUT2D eigenvalue weighted by Crippen LogP contribution is 2.38.